The normalized spacial score (nSPS) is 15.5. The predicted molar refractivity (Wildman–Crippen MR) is 51.6 cm³/mol. The van der Waals surface area contributed by atoms with Crippen molar-refractivity contribution in [3.63, 3.8) is 0 Å². The third-order valence-electron chi connectivity index (χ3n) is 2.55. The van der Waals surface area contributed by atoms with Crippen molar-refractivity contribution in [1.82, 2.24) is 10.3 Å². The summed E-state index contributed by atoms with van der Waals surface area (Å²) in [6.45, 7) is 0.845. The van der Waals surface area contributed by atoms with Gasteiger partial charge in [0.05, 0.1) is 11.3 Å². The standard InChI is InChI=1S/C10H9F3N2O2/c11-10(12,13)8-6(9(16)17)3-5-1-2-14-4-7(5)15-8/h3,14H,1-2,4H2,(H,16,17). The first-order valence-electron chi connectivity index (χ1n) is 4.93. The van der Waals surface area contributed by atoms with E-state index in [4.69, 9.17) is 5.11 Å². The molecular formula is C10H9F3N2O2. The van der Waals surface area contributed by atoms with Gasteiger partial charge in [-0.2, -0.15) is 13.2 Å². The molecule has 17 heavy (non-hydrogen) atoms. The van der Waals surface area contributed by atoms with E-state index in [-0.39, 0.29) is 12.2 Å². The van der Waals surface area contributed by atoms with Crippen molar-refractivity contribution in [2.75, 3.05) is 6.54 Å². The minimum atomic E-state index is -4.75. The summed E-state index contributed by atoms with van der Waals surface area (Å²) in [5.41, 5.74) is -1.27. The van der Waals surface area contributed by atoms with Crippen LogP contribution in [0.4, 0.5) is 13.2 Å². The lowest BCUT2D eigenvalue weighted by atomic mass is 10.0. The number of nitrogens with one attached hydrogen (secondary N) is 1. The predicted octanol–water partition coefficient (Wildman–Crippen LogP) is 1.44. The van der Waals surface area contributed by atoms with E-state index in [0.29, 0.717) is 18.5 Å². The molecule has 1 aromatic rings. The lowest BCUT2D eigenvalue weighted by Crippen LogP contribution is -2.27. The third-order valence-corrected chi connectivity index (χ3v) is 2.55. The molecule has 0 radical (unpaired) electrons. The molecule has 7 heteroatoms. The van der Waals surface area contributed by atoms with Crippen LogP contribution in [0.3, 0.4) is 0 Å². The molecule has 0 amide bonds. The Morgan fingerprint density at radius 1 is 1.47 bits per heavy atom. The summed E-state index contributed by atoms with van der Waals surface area (Å²) in [6.07, 6.45) is -4.26. The Morgan fingerprint density at radius 2 is 2.18 bits per heavy atom. The number of aromatic carboxylic acids is 1. The molecule has 0 unspecified atom stereocenters. The number of carboxylic acids is 1. The molecule has 92 valence electrons. The van der Waals surface area contributed by atoms with Crippen LogP contribution in [0.1, 0.15) is 27.3 Å². The molecule has 0 saturated carbocycles. The van der Waals surface area contributed by atoms with Gasteiger partial charge >= 0.3 is 12.1 Å². The summed E-state index contributed by atoms with van der Waals surface area (Å²) >= 11 is 0. The van der Waals surface area contributed by atoms with E-state index in [9.17, 15) is 18.0 Å². The first kappa shape index (κ1) is 11.8. The van der Waals surface area contributed by atoms with Gasteiger partial charge in [0.1, 0.15) is 0 Å². The highest BCUT2D eigenvalue weighted by molar-refractivity contribution is 5.89. The van der Waals surface area contributed by atoms with Gasteiger partial charge in [-0.1, -0.05) is 0 Å². The molecule has 0 fully saturated rings. The van der Waals surface area contributed by atoms with Crippen LogP contribution in [0.25, 0.3) is 0 Å². The monoisotopic (exact) mass is 246 g/mol. The molecule has 0 aliphatic carbocycles. The maximum Gasteiger partial charge on any atom is 0.434 e. The number of carbonyl (C=O) groups is 1. The van der Waals surface area contributed by atoms with Gasteiger partial charge in [0.25, 0.3) is 0 Å². The number of fused-ring (bicyclic) bond motifs is 1. The van der Waals surface area contributed by atoms with Crippen molar-refractivity contribution in [3.05, 3.63) is 28.6 Å². The Kier molecular flexibility index (Phi) is 2.78. The first-order valence-corrected chi connectivity index (χ1v) is 4.93. The van der Waals surface area contributed by atoms with E-state index in [0.717, 1.165) is 6.07 Å². The summed E-state index contributed by atoms with van der Waals surface area (Å²) < 4.78 is 37.9. The smallest absolute Gasteiger partial charge is 0.434 e. The van der Waals surface area contributed by atoms with Crippen molar-refractivity contribution in [2.24, 2.45) is 0 Å². The fourth-order valence-corrected chi connectivity index (χ4v) is 1.77. The van der Waals surface area contributed by atoms with E-state index in [1.165, 1.54) is 0 Å². The van der Waals surface area contributed by atoms with E-state index >= 15 is 0 Å². The Morgan fingerprint density at radius 3 is 2.76 bits per heavy atom. The zero-order valence-corrected chi connectivity index (χ0v) is 8.64. The molecule has 1 aromatic heterocycles. The number of alkyl halides is 3. The van der Waals surface area contributed by atoms with Crippen LogP contribution in [-0.2, 0) is 19.1 Å². The number of carboxylic acid groups (broad SMARTS) is 1. The lowest BCUT2D eigenvalue weighted by molar-refractivity contribution is -0.141. The third kappa shape index (κ3) is 2.23. The summed E-state index contributed by atoms with van der Waals surface area (Å²) in [6, 6.07) is 1.08. The maximum atomic E-state index is 12.6. The molecule has 0 saturated heterocycles. The van der Waals surface area contributed by atoms with Crippen LogP contribution in [0, 0.1) is 0 Å². The molecule has 1 aliphatic heterocycles. The number of halogens is 3. The number of rotatable bonds is 1. The number of hydrogen-bond donors (Lipinski definition) is 2. The van der Waals surface area contributed by atoms with Crippen LogP contribution in [0.2, 0.25) is 0 Å². The number of nitrogens with zero attached hydrogens (tertiary/aromatic N) is 1. The lowest BCUT2D eigenvalue weighted by Gasteiger charge is -2.19. The van der Waals surface area contributed by atoms with Crippen molar-refractivity contribution in [1.29, 1.82) is 0 Å². The van der Waals surface area contributed by atoms with Gasteiger partial charge in [0, 0.05) is 6.54 Å². The second kappa shape index (κ2) is 3.99. The van der Waals surface area contributed by atoms with E-state index < -0.39 is 23.4 Å². The van der Waals surface area contributed by atoms with Crippen LogP contribution in [0.5, 0.6) is 0 Å². The van der Waals surface area contributed by atoms with E-state index in [2.05, 4.69) is 10.3 Å². The Hall–Kier alpha value is -1.63. The van der Waals surface area contributed by atoms with Gasteiger partial charge in [-0.15, -0.1) is 0 Å². The molecule has 1 aliphatic rings. The first-order chi connectivity index (χ1) is 7.89. The minimum Gasteiger partial charge on any atom is -0.478 e. The van der Waals surface area contributed by atoms with Crippen molar-refractivity contribution >= 4 is 5.97 Å². The highest BCUT2D eigenvalue weighted by Gasteiger charge is 2.38. The Labute approximate surface area is 94.5 Å². The van der Waals surface area contributed by atoms with E-state index in [1.807, 2.05) is 0 Å². The van der Waals surface area contributed by atoms with Crippen LogP contribution in [-0.4, -0.2) is 22.6 Å². The SMILES string of the molecule is O=C(O)c1cc2c(nc1C(F)(F)F)CNCC2. The minimum absolute atomic E-state index is 0.234. The average molecular weight is 246 g/mol. The Bertz CT molecular complexity index is 471. The van der Waals surface area contributed by atoms with Crippen LogP contribution < -0.4 is 5.32 Å². The van der Waals surface area contributed by atoms with Gasteiger partial charge in [-0.25, -0.2) is 9.78 Å². The van der Waals surface area contributed by atoms with Crippen LogP contribution >= 0.6 is 0 Å². The van der Waals surface area contributed by atoms with Crippen LogP contribution in [0.15, 0.2) is 6.07 Å². The van der Waals surface area contributed by atoms with Crippen molar-refractivity contribution in [3.8, 4) is 0 Å². The van der Waals surface area contributed by atoms with Gasteiger partial charge in [-0.3, -0.25) is 0 Å². The van der Waals surface area contributed by atoms with E-state index in [1.54, 1.807) is 0 Å². The highest BCUT2D eigenvalue weighted by atomic mass is 19.4. The molecule has 0 aromatic carbocycles. The molecule has 2 N–H and O–H groups in total. The van der Waals surface area contributed by atoms with Gasteiger partial charge < -0.3 is 10.4 Å². The molecular weight excluding hydrogens is 237 g/mol. The summed E-state index contributed by atoms with van der Waals surface area (Å²) in [5, 5.41) is 11.7. The Balaban J connectivity index is 2.60. The van der Waals surface area contributed by atoms with Gasteiger partial charge in [0.2, 0.25) is 0 Å². The fourth-order valence-electron chi connectivity index (χ4n) is 1.77. The fraction of sp³-hybridized carbons (Fsp3) is 0.400. The number of aromatic nitrogens is 1. The zero-order chi connectivity index (χ0) is 12.6. The highest BCUT2D eigenvalue weighted by Crippen LogP contribution is 2.32. The van der Waals surface area contributed by atoms with Gasteiger partial charge in [0.15, 0.2) is 5.69 Å². The topological polar surface area (TPSA) is 62.2 Å². The number of hydrogen-bond acceptors (Lipinski definition) is 3. The molecule has 2 rings (SSSR count). The largest absolute Gasteiger partial charge is 0.478 e. The molecule has 0 bridgehead atoms. The van der Waals surface area contributed by atoms with Crippen molar-refractivity contribution in [2.45, 2.75) is 19.1 Å². The molecule has 4 nitrogen and oxygen atoms in total. The summed E-state index contributed by atoms with van der Waals surface area (Å²) in [5.74, 6) is -1.61. The maximum absolute atomic E-state index is 12.6. The quantitative estimate of drug-likeness (QED) is 0.787. The molecule has 0 spiro atoms. The second-order valence-corrected chi connectivity index (χ2v) is 3.72. The zero-order valence-electron chi connectivity index (χ0n) is 8.64. The van der Waals surface area contributed by atoms with Gasteiger partial charge in [-0.05, 0) is 24.6 Å². The summed E-state index contributed by atoms with van der Waals surface area (Å²) in [4.78, 5) is 14.2. The second-order valence-electron chi connectivity index (χ2n) is 3.72. The number of pyridine rings is 1. The van der Waals surface area contributed by atoms with Crippen molar-refractivity contribution < 1.29 is 23.1 Å². The summed E-state index contributed by atoms with van der Waals surface area (Å²) in [7, 11) is 0. The molecule has 0 atom stereocenters. The molecule has 2 heterocycles. The average Bonchev–Trinajstić information content (AvgIpc) is 2.26.